The Morgan fingerprint density at radius 2 is 1.80 bits per heavy atom. The third-order valence-electron chi connectivity index (χ3n) is 4.00. The number of nitrogens with one attached hydrogen (secondary N) is 1. The van der Waals surface area contributed by atoms with Gasteiger partial charge in [-0.2, -0.15) is 0 Å². The highest BCUT2D eigenvalue weighted by Gasteiger charge is 2.38. The topological polar surface area (TPSA) is 72.2 Å². The number of anilines is 1. The SMILES string of the molecule is CC1(CNS(=O)(=O)c2ccc(N)c3ccccc23)CC1. The highest BCUT2D eigenvalue weighted by molar-refractivity contribution is 7.89. The monoisotopic (exact) mass is 290 g/mol. The van der Waals surface area contributed by atoms with Crippen LogP contribution in [0.3, 0.4) is 0 Å². The largest absolute Gasteiger partial charge is 0.398 e. The maximum absolute atomic E-state index is 12.5. The van der Waals surface area contributed by atoms with Crippen LogP contribution in [-0.2, 0) is 10.0 Å². The van der Waals surface area contributed by atoms with Crippen LogP contribution in [0.5, 0.6) is 0 Å². The molecule has 5 heteroatoms. The Morgan fingerprint density at radius 1 is 1.15 bits per heavy atom. The average molecular weight is 290 g/mol. The van der Waals surface area contributed by atoms with Crippen molar-refractivity contribution in [3.63, 3.8) is 0 Å². The Hall–Kier alpha value is -1.59. The summed E-state index contributed by atoms with van der Waals surface area (Å²) in [6.07, 6.45) is 2.16. The minimum atomic E-state index is -3.50. The van der Waals surface area contributed by atoms with Crippen LogP contribution >= 0.6 is 0 Å². The molecule has 0 radical (unpaired) electrons. The van der Waals surface area contributed by atoms with Gasteiger partial charge >= 0.3 is 0 Å². The molecule has 4 nitrogen and oxygen atoms in total. The van der Waals surface area contributed by atoms with Gasteiger partial charge in [0.05, 0.1) is 4.90 Å². The number of benzene rings is 2. The zero-order valence-corrected chi connectivity index (χ0v) is 12.2. The molecule has 0 amide bonds. The maximum Gasteiger partial charge on any atom is 0.241 e. The highest BCUT2D eigenvalue weighted by Crippen LogP contribution is 2.44. The summed E-state index contributed by atoms with van der Waals surface area (Å²) in [6, 6.07) is 10.5. The third kappa shape index (κ3) is 2.39. The lowest BCUT2D eigenvalue weighted by molar-refractivity contribution is 0.531. The van der Waals surface area contributed by atoms with E-state index >= 15 is 0 Å². The van der Waals surface area contributed by atoms with Gasteiger partial charge in [-0.25, -0.2) is 13.1 Å². The summed E-state index contributed by atoms with van der Waals surface area (Å²) >= 11 is 0. The van der Waals surface area contributed by atoms with E-state index in [0.29, 0.717) is 22.5 Å². The fourth-order valence-corrected chi connectivity index (χ4v) is 3.67. The summed E-state index contributed by atoms with van der Waals surface area (Å²) in [5.74, 6) is 0. The normalized spacial score (nSPS) is 17.2. The second kappa shape index (κ2) is 4.46. The van der Waals surface area contributed by atoms with E-state index in [9.17, 15) is 8.42 Å². The molecule has 3 rings (SSSR count). The molecule has 0 unspecified atom stereocenters. The van der Waals surface area contributed by atoms with Crippen molar-refractivity contribution in [3.05, 3.63) is 36.4 Å². The Bertz CT molecular complexity index is 765. The predicted octanol–water partition coefficient (Wildman–Crippen LogP) is 2.50. The summed E-state index contributed by atoms with van der Waals surface area (Å²) in [5, 5.41) is 1.44. The maximum atomic E-state index is 12.5. The molecule has 0 bridgehead atoms. The lowest BCUT2D eigenvalue weighted by Crippen LogP contribution is -2.29. The summed E-state index contributed by atoms with van der Waals surface area (Å²) in [4.78, 5) is 0.298. The molecule has 0 spiro atoms. The van der Waals surface area contributed by atoms with Crippen LogP contribution in [0.1, 0.15) is 19.8 Å². The quantitative estimate of drug-likeness (QED) is 0.850. The van der Waals surface area contributed by atoms with Gasteiger partial charge in [0.2, 0.25) is 10.0 Å². The fourth-order valence-electron chi connectivity index (χ4n) is 2.27. The highest BCUT2D eigenvalue weighted by atomic mass is 32.2. The second-order valence-electron chi connectivity index (χ2n) is 5.83. The van der Waals surface area contributed by atoms with Crippen molar-refractivity contribution in [2.45, 2.75) is 24.7 Å². The van der Waals surface area contributed by atoms with Crippen LogP contribution in [0.2, 0.25) is 0 Å². The Labute approximate surface area is 119 Å². The number of fused-ring (bicyclic) bond motifs is 1. The Morgan fingerprint density at radius 3 is 2.45 bits per heavy atom. The molecule has 3 N–H and O–H groups in total. The Balaban J connectivity index is 2.02. The lowest BCUT2D eigenvalue weighted by Gasteiger charge is -2.13. The number of hydrogen-bond donors (Lipinski definition) is 2. The molecular formula is C15H18N2O2S. The molecule has 0 aliphatic heterocycles. The zero-order valence-electron chi connectivity index (χ0n) is 11.4. The van der Waals surface area contributed by atoms with Crippen LogP contribution in [0.15, 0.2) is 41.3 Å². The van der Waals surface area contributed by atoms with E-state index in [1.54, 1.807) is 18.2 Å². The molecule has 1 fully saturated rings. The van der Waals surface area contributed by atoms with Gasteiger partial charge in [0.25, 0.3) is 0 Å². The molecule has 0 saturated heterocycles. The van der Waals surface area contributed by atoms with Crippen molar-refractivity contribution >= 4 is 26.5 Å². The van der Waals surface area contributed by atoms with E-state index in [1.807, 2.05) is 18.2 Å². The van der Waals surface area contributed by atoms with Crippen LogP contribution in [0.25, 0.3) is 10.8 Å². The van der Waals surface area contributed by atoms with Crippen molar-refractivity contribution < 1.29 is 8.42 Å². The Kier molecular flexibility index (Phi) is 2.99. The van der Waals surface area contributed by atoms with Gasteiger partial charge in [0, 0.05) is 23.0 Å². The van der Waals surface area contributed by atoms with Gasteiger partial charge in [-0.3, -0.25) is 0 Å². The van der Waals surface area contributed by atoms with Crippen molar-refractivity contribution in [2.24, 2.45) is 5.41 Å². The van der Waals surface area contributed by atoms with Crippen LogP contribution in [0.4, 0.5) is 5.69 Å². The lowest BCUT2D eigenvalue weighted by atomic mass is 10.1. The van der Waals surface area contributed by atoms with Crippen LogP contribution in [0, 0.1) is 5.41 Å². The van der Waals surface area contributed by atoms with E-state index in [4.69, 9.17) is 5.73 Å². The number of hydrogen-bond acceptors (Lipinski definition) is 3. The summed E-state index contributed by atoms with van der Waals surface area (Å²) in [6.45, 7) is 2.59. The first-order valence-corrected chi connectivity index (χ1v) is 8.17. The minimum Gasteiger partial charge on any atom is -0.398 e. The first-order valence-electron chi connectivity index (χ1n) is 6.68. The summed E-state index contributed by atoms with van der Waals surface area (Å²) in [5.41, 5.74) is 6.63. The predicted molar refractivity (Wildman–Crippen MR) is 80.9 cm³/mol. The van der Waals surface area contributed by atoms with Crippen LogP contribution in [-0.4, -0.2) is 15.0 Å². The van der Waals surface area contributed by atoms with Gasteiger partial charge < -0.3 is 5.73 Å². The van der Waals surface area contributed by atoms with Crippen molar-refractivity contribution in [1.29, 1.82) is 0 Å². The smallest absolute Gasteiger partial charge is 0.241 e. The standard InChI is InChI=1S/C15H18N2O2S/c1-15(8-9-15)10-17-20(18,19)14-7-6-13(16)11-4-2-3-5-12(11)14/h2-7,17H,8-10,16H2,1H3. The molecule has 20 heavy (non-hydrogen) atoms. The van der Waals surface area contributed by atoms with Crippen molar-refractivity contribution in [2.75, 3.05) is 12.3 Å². The van der Waals surface area contributed by atoms with Gasteiger partial charge in [0.15, 0.2) is 0 Å². The minimum absolute atomic E-state index is 0.136. The van der Waals surface area contributed by atoms with Gasteiger partial charge in [0.1, 0.15) is 0 Å². The second-order valence-corrected chi connectivity index (χ2v) is 7.57. The molecule has 0 atom stereocenters. The van der Waals surface area contributed by atoms with Gasteiger partial charge in [-0.1, -0.05) is 31.2 Å². The number of rotatable bonds is 4. The summed E-state index contributed by atoms with van der Waals surface area (Å²) in [7, 11) is -3.50. The van der Waals surface area contributed by atoms with Gasteiger partial charge in [-0.05, 0) is 30.4 Å². The molecular weight excluding hydrogens is 272 g/mol. The van der Waals surface area contributed by atoms with E-state index in [2.05, 4.69) is 11.6 Å². The average Bonchev–Trinajstić information content (AvgIpc) is 3.16. The van der Waals surface area contributed by atoms with Crippen molar-refractivity contribution in [1.82, 2.24) is 4.72 Å². The third-order valence-corrected chi connectivity index (χ3v) is 5.46. The number of nitrogens with two attached hydrogens (primary N) is 1. The molecule has 2 aromatic rings. The molecule has 106 valence electrons. The molecule has 1 aliphatic carbocycles. The molecule has 0 aromatic heterocycles. The van der Waals surface area contributed by atoms with E-state index < -0.39 is 10.0 Å². The molecule has 0 heterocycles. The van der Waals surface area contributed by atoms with Gasteiger partial charge in [-0.15, -0.1) is 0 Å². The summed E-state index contributed by atoms with van der Waals surface area (Å²) < 4.78 is 27.7. The van der Waals surface area contributed by atoms with Crippen LogP contribution < -0.4 is 10.5 Å². The van der Waals surface area contributed by atoms with E-state index in [1.165, 1.54) is 0 Å². The first kappa shape index (κ1) is 13.4. The van der Waals surface area contributed by atoms with E-state index in [0.717, 1.165) is 18.2 Å². The number of sulfonamides is 1. The molecule has 1 saturated carbocycles. The first-order chi connectivity index (χ1) is 9.41. The molecule has 1 aliphatic rings. The fraction of sp³-hybridized carbons (Fsp3) is 0.333. The zero-order chi connectivity index (χ0) is 14.4. The van der Waals surface area contributed by atoms with E-state index in [-0.39, 0.29) is 5.41 Å². The van der Waals surface area contributed by atoms with Crippen molar-refractivity contribution in [3.8, 4) is 0 Å². The molecule has 2 aromatic carbocycles. The number of nitrogen functional groups attached to an aromatic ring is 1.